The normalized spacial score (nSPS) is 13.2. The third-order valence-corrected chi connectivity index (χ3v) is 8.23. The molecule has 1 aliphatic rings. The van der Waals surface area contributed by atoms with Gasteiger partial charge in [0, 0.05) is 89.7 Å². The maximum absolute atomic E-state index is 14.3. The van der Waals surface area contributed by atoms with Gasteiger partial charge in [-0.2, -0.15) is 0 Å². The first-order valence-electron chi connectivity index (χ1n) is 15.7. The van der Waals surface area contributed by atoms with Crippen molar-refractivity contribution in [3.8, 4) is 17.0 Å². The van der Waals surface area contributed by atoms with Gasteiger partial charge >= 0.3 is 0 Å². The van der Waals surface area contributed by atoms with E-state index in [2.05, 4.69) is 10.3 Å². The lowest BCUT2D eigenvalue weighted by atomic mass is 10.0. The molecule has 2 heterocycles. The van der Waals surface area contributed by atoms with Crippen LogP contribution in [0.3, 0.4) is 0 Å². The van der Waals surface area contributed by atoms with Gasteiger partial charge in [-0.15, -0.1) is 0 Å². The van der Waals surface area contributed by atoms with Gasteiger partial charge in [-0.3, -0.25) is 14.4 Å². The van der Waals surface area contributed by atoms with Crippen molar-refractivity contribution in [2.24, 2.45) is 0 Å². The average Bonchev–Trinajstić information content (AvgIpc) is 3.08. The molecular formula is C37H40FN5O4. The van der Waals surface area contributed by atoms with Crippen LogP contribution < -0.4 is 15.0 Å². The summed E-state index contributed by atoms with van der Waals surface area (Å²) in [5, 5.41) is 2.88. The summed E-state index contributed by atoms with van der Waals surface area (Å²) >= 11 is 0. The number of rotatable bonds is 10. The Kier molecular flexibility index (Phi) is 10.5. The molecule has 0 bridgehead atoms. The van der Waals surface area contributed by atoms with Gasteiger partial charge in [0.15, 0.2) is 0 Å². The molecule has 47 heavy (non-hydrogen) atoms. The van der Waals surface area contributed by atoms with Crippen LogP contribution in [0.2, 0.25) is 0 Å². The van der Waals surface area contributed by atoms with E-state index < -0.39 is 11.7 Å². The predicted molar refractivity (Wildman–Crippen MR) is 180 cm³/mol. The van der Waals surface area contributed by atoms with E-state index in [0.717, 1.165) is 28.4 Å². The Morgan fingerprint density at radius 2 is 1.55 bits per heavy atom. The smallest absolute Gasteiger partial charge is 0.254 e. The number of anilines is 1. The molecule has 1 fully saturated rings. The molecule has 0 radical (unpaired) electrons. The van der Waals surface area contributed by atoms with E-state index >= 15 is 0 Å². The van der Waals surface area contributed by atoms with Crippen LogP contribution >= 0.6 is 0 Å². The van der Waals surface area contributed by atoms with Crippen LogP contribution in [-0.4, -0.2) is 86.4 Å². The molecule has 5 rings (SSSR count). The number of pyridine rings is 1. The number of hydrogen-bond acceptors (Lipinski definition) is 6. The fourth-order valence-corrected chi connectivity index (χ4v) is 5.47. The quantitative estimate of drug-likeness (QED) is 0.253. The topological polar surface area (TPSA) is 95.1 Å². The van der Waals surface area contributed by atoms with Crippen LogP contribution in [0.15, 0.2) is 85.1 Å². The minimum Gasteiger partial charge on any atom is -0.474 e. The Balaban J connectivity index is 1.14. The summed E-state index contributed by atoms with van der Waals surface area (Å²) in [6.45, 7) is 1.19. The largest absolute Gasteiger partial charge is 0.474 e. The van der Waals surface area contributed by atoms with Crippen molar-refractivity contribution in [3.63, 3.8) is 0 Å². The van der Waals surface area contributed by atoms with Crippen molar-refractivity contribution in [2.45, 2.75) is 25.4 Å². The summed E-state index contributed by atoms with van der Waals surface area (Å²) in [5.41, 5.74) is 4.82. The molecule has 1 aromatic heterocycles. The molecule has 3 aromatic carbocycles. The lowest BCUT2D eigenvalue weighted by Crippen LogP contribution is -2.42. The van der Waals surface area contributed by atoms with Gasteiger partial charge in [0.1, 0.15) is 11.9 Å². The number of halogens is 1. The van der Waals surface area contributed by atoms with Crippen LogP contribution in [0.25, 0.3) is 11.1 Å². The van der Waals surface area contributed by atoms with Crippen LogP contribution in [0.4, 0.5) is 10.1 Å². The first-order chi connectivity index (χ1) is 22.6. The van der Waals surface area contributed by atoms with E-state index in [4.69, 9.17) is 4.74 Å². The van der Waals surface area contributed by atoms with Gasteiger partial charge < -0.3 is 24.8 Å². The second-order valence-electron chi connectivity index (χ2n) is 12.0. The maximum atomic E-state index is 14.3. The number of hydrogen-bond donors (Lipinski definition) is 1. The number of ether oxygens (including phenoxy) is 1. The number of carbonyl (C=O) groups excluding carboxylic acids is 3. The molecule has 0 saturated carbocycles. The molecule has 4 aromatic rings. The number of likely N-dealkylation sites (tertiary alicyclic amines) is 1. The summed E-state index contributed by atoms with van der Waals surface area (Å²) in [5.74, 6) is -0.939. The highest BCUT2D eigenvalue weighted by Gasteiger charge is 2.28. The van der Waals surface area contributed by atoms with Crippen LogP contribution in [-0.2, 0) is 6.42 Å². The monoisotopic (exact) mass is 637 g/mol. The Hall–Kier alpha value is -5.25. The number of nitrogens with one attached hydrogen (secondary N) is 1. The Labute approximate surface area is 275 Å². The number of nitrogens with zero attached hydrogens (tertiary/aromatic N) is 4. The average molecular weight is 638 g/mol. The number of carbonyl (C=O) groups is 3. The van der Waals surface area contributed by atoms with Gasteiger partial charge in [0.05, 0.1) is 11.1 Å². The van der Waals surface area contributed by atoms with Gasteiger partial charge in [0.2, 0.25) is 5.88 Å². The molecule has 9 nitrogen and oxygen atoms in total. The third kappa shape index (κ3) is 8.32. The zero-order valence-electron chi connectivity index (χ0n) is 27.2. The summed E-state index contributed by atoms with van der Waals surface area (Å²) in [4.78, 5) is 48.4. The fourth-order valence-electron chi connectivity index (χ4n) is 5.47. The highest BCUT2D eigenvalue weighted by atomic mass is 19.1. The highest BCUT2D eigenvalue weighted by molar-refractivity contribution is 6.07. The van der Waals surface area contributed by atoms with Crippen molar-refractivity contribution in [1.29, 1.82) is 0 Å². The Morgan fingerprint density at radius 1 is 0.872 bits per heavy atom. The molecule has 0 aliphatic carbocycles. The second kappa shape index (κ2) is 14.9. The van der Waals surface area contributed by atoms with Crippen molar-refractivity contribution < 1.29 is 23.5 Å². The van der Waals surface area contributed by atoms with E-state index in [0.29, 0.717) is 50.3 Å². The summed E-state index contributed by atoms with van der Waals surface area (Å²) in [7, 11) is 7.39. The first-order valence-corrected chi connectivity index (χ1v) is 15.7. The Bertz CT molecular complexity index is 1700. The van der Waals surface area contributed by atoms with E-state index in [1.54, 1.807) is 37.3 Å². The SMILES string of the molecule is CN(C)C(=O)c1ccc(-c2ccc(OC3CCN(C(=O)c4cc(F)ccc4C(=O)NCCc4ccc(N(C)C)cc4)CC3)nc2)cc1. The summed E-state index contributed by atoms with van der Waals surface area (Å²) in [6.07, 6.45) is 3.35. The zero-order chi connectivity index (χ0) is 33.5. The third-order valence-electron chi connectivity index (χ3n) is 8.23. The maximum Gasteiger partial charge on any atom is 0.254 e. The Morgan fingerprint density at radius 3 is 2.17 bits per heavy atom. The molecule has 1 N–H and O–H groups in total. The molecule has 0 spiro atoms. The van der Waals surface area contributed by atoms with Crippen molar-refractivity contribution in [2.75, 3.05) is 52.7 Å². The van der Waals surface area contributed by atoms with Gasteiger partial charge in [0.25, 0.3) is 17.7 Å². The fraction of sp³-hybridized carbons (Fsp3) is 0.297. The van der Waals surface area contributed by atoms with Crippen molar-refractivity contribution in [1.82, 2.24) is 20.1 Å². The van der Waals surface area contributed by atoms with Gasteiger partial charge in [-0.25, -0.2) is 9.37 Å². The minimum absolute atomic E-state index is 0.0496. The molecular weight excluding hydrogens is 597 g/mol. The number of piperidine rings is 1. The highest BCUT2D eigenvalue weighted by Crippen LogP contribution is 2.24. The molecule has 3 amide bonds. The number of aromatic nitrogens is 1. The standard InChI is InChI=1S/C37H40FN5O4/c1-41(2)30-13-5-25(6-14-30)17-20-39-35(44)32-15-12-29(38)23-33(32)37(46)43-21-18-31(19-22-43)47-34-16-11-28(24-40-34)26-7-9-27(10-8-26)36(45)42(3)4/h5-16,23-24,31H,17-22H2,1-4H3,(H,39,44). The van der Waals surface area contributed by atoms with Gasteiger partial charge in [-0.1, -0.05) is 24.3 Å². The molecule has 1 saturated heterocycles. The number of benzene rings is 3. The molecule has 244 valence electrons. The summed E-state index contributed by atoms with van der Waals surface area (Å²) in [6, 6.07) is 22.9. The van der Waals surface area contributed by atoms with E-state index in [1.807, 2.05) is 67.5 Å². The van der Waals surface area contributed by atoms with E-state index in [9.17, 15) is 18.8 Å². The van der Waals surface area contributed by atoms with Crippen LogP contribution in [0, 0.1) is 5.82 Å². The predicted octanol–water partition coefficient (Wildman–Crippen LogP) is 5.31. The molecule has 1 aliphatic heterocycles. The first kappa shape index (κ1) is 33.1. The van der Waals surface area contributed by atoms with Crippen molar-refractivity contribution in [3.05, 3.63) is 113 Å². The second-order valence-corrected chi connectivity index (χ2v) is 12.0. The molecule has 0 unspecified atom stereocenters. The van der Waals surface area contributed by atoms with E-state index in [1.165, 1.54) is 17.0 Å². The molecule has 10 heteroatoms. The van der Waals surface area contributed by atoms with Gasteiger partial charge in [-0.05, 0) is 66.1 Å². The zero-order valence-corrected chi connectivity index (χ0v) is 27.2. The minimum atomic E-state index is -0.573. The van der Waals surface area contributed by atoms with Crippen LogP contribution in [0.1, 0.15) is 49.5 Å². The molecule has 0 atom stereocenters. The van der Waals surface area contributed by atoms with Crippen LogP contribution in [0.5, 0.6) is 5.88 Å². The number of amides is 3. The lowest BCUT2D eigenvalue weighted by Gasteiger charge is -2.32. The van der Waals surface area contributed by atoms with E-state index in [-0.39, 0.29) is 29.0 Å². The lowest BCUT2D eigenvalue weighted by molar-refractivity contribution is 0.0583. The summed E-state index contributed by atoms with van der Waals surface area (Å²) < 4.78 is 20.4. The van der Waals surface area contributed by atoms with Crippen molar-refractivity contribution >= 4 is 23.4 Å².